The summed E-state index contributed by atoms with van der Waals surface area (Å²) in [5, 5.41) is 0. The Morgan fingerprint density at radius 1 is 1.29 bits per heavy atom. The van der Waals surface area contributed by atoms with Crippen LogP contribution in [-0.4, -0.2) is 12.1 Å². The molecule has 0 aliphatic heterocycles. The number of halogens is 1. The lowest BCUT2D eigenvalue weighted by Crippen LogP contribution is -1.96. The van der Waals surface area contributed by atoms with Crippen molar-refractivity contribution in [2.45, 2.75) is 6.42 Å². The second-order valence-corrected chi connectivity index (χ2v) is 3.72. The molecule has 0 saturated heterocycles. The number of nitrogens with two attached hydrogens (primary N) is 1. The summed E-state index contributed by atoms with van der Waals surface area (Å²) < 4.78 is 18.6. The highest BCUT2D eigenvalue weighted by atomic mass is 19.1. The van der Waals surface area contributed by atoms with Crippen LogP contribution in [0, 0.1) is 5.82 Å². The van der Waals surface area contributed by atoms with Crippen LogP contribution in [0.5, 0.6) is 5.75 Å². The predicted molar refractivity (Wildman–Crippen MR) is 64.4 cm³/mol. The van der Waals surface area contributed by atoms with Gasteiger partial charge in [0.15, 0.2) is 0 Å². The minimum absolute atomic E-state index is 0.278. The van der Waals surface area contributed by atoms with E-state index in [1.54, 1.807) is 24.4 Å². The Kier molecular flexibility index (Phi) is 3.23. The maximum atomic E-state index is 13.7. The highest BCUT2D eigenvalue weighted by Gasteiger charge is 2.05. The molecule has 4 heteroatoms. The molecule has 0 fully saturated rings. The SMILES string of the molecule is COc1ccc(Cc2ccnc(N)c2)c(F)c1. The van der Waals surface area contributed by atoms with Gasteiger partial charge in [0.2, 0.25) is 0 Å². The fraction of sp³-hybridized carbons (Fsp3) is 0.154. The fourth-order valence-corrected chi connectivity index (χ4v) is 1.62. The highest BCUT2D eigenvalue weighted by Crippen LogP contribution is 2.19. The zero-order chi connectivity index (χ0) is 12.3. The lowest BCUT2D eigenvalue weighted by molar-refractivity contribution is 0.411. The minimum Gasteiger partial charge on any atom is -0.497 e. The zero-order valence-electron chi connectivity index (χ0n) is 9.48. The summed E-state index contributed by atoms with van der Waals surface area (Å²) in [7, 11) is 1.51. The molecule has 0 bridgehead atoms. The number of hydrogen-bond donors (Lipinski definition) is 1. The monoisotopic (exact) mass is 232 g/mol. The largest absolute Gasteiger partial charge is 0.497 e. The molecule has 0 spiro atoms. The molecule has 2 aromatic rings. The molecule has 1 aromatic carbocycles. The van der Waals surface area contributed by atoms with Gasteiger partial charge in [0.25, 0.3) is 0 Å². The standard InChI is InChI=1S/C13H13FN2O/c1-17-11-3-2-10(12(14)8-11)6-9-4-5-16-13(15)7-9/h2-5,7-8H,6H2,1H3,(H2,15,16). The summed E-state index contributed by atoms with van der Waals surface area (Å²) in [5.41, 5.74) is 7.11. The molecule has 2 N–H and O–H groups in total. The third-order valence-corrected chi connectivity index (χ3v) is 2.50. The first kappa shape index (κ1) is 11.4. The molecule has 1 aromatic heterocycles. The molecule has 2 rings (SSSR count). The highest BCUT2D eigenvalue weighted by molar-refractivity contribution is 5.37. The van der Waals surface area contributed by atoms with Crippen LogP contribution in [0.25, 0.3) is 0 Å². The molecule has 1 heterocycles. The average molecular weight is 232 g/mol. The average Bonchev–Trinajstić information content (AvgIpc) is 2.32. The van der Waals surface area contributed by atoms with E-state index in [0.29, 0.717) is 23.6 Å². The first-order valence-electron chi connectivity index (χ1n) is 5.22. The summed E-state index contributed by atoms with van der Waals surface area (Å²) in [6.45, 7) is 0. The number of benzene rings is 1. The zero-order valence-corrected chi connectivity index (χ0v) is 9.48. The number of hydrogen-bond acceptors (Lipinski definition) is 3. The van der Waals surface area contributed by atoms with Gasteiger partial charge in [-0.25, -0.2) is 9.37 Å². The van der Waals surface area contributed by atoms with Gasteiger partial charge >= 0.3 is 0 Å². The summed E-state index contributed by atoms with van der Waals surface area (Å²) in [4.78, 5) is 3.90. The second kappa shape index (κ2) is 4.82. The number of ether oxygens (including phenoxy) is 1. The van der Waals surface area contributed by atoms with E-state index >= 15 is 0 Å². The molecule has 0 unspecified atom stereocenters. The van der Waals surface area contributed by atoms with Gasteiger partial charge in [0, 0.05) is 18.7 Å². The van der Waals surface area contributed by atoms with E-state index < -0.39 is 0 Å². The molecule has 0 amide bonds. The van der Waals surface area contributed by atoms with Crippen molar-refractivity contribution in [2.24, 2.45) is 0 Å². The number of nitrogen functional groups attached to an aromatic ring is 1. The van der Waals surface area contributed by atoms with E-state index in [-0.39, 0.29) is 5.82 Å². The Morgan fingerprint density at radius 3 is 2.76 bits per heavy atom. The Hall–Kier alpha value is -2.10. The van der Waals surface area contributed by atoms with Crippen molar-refractivity contribution < 1.29 is 9.13 Å². The Morgan fingerprint density at radius 2 is 2.12 bits per heavy atom. The van der Waals surface area contributed by atoms with E-state index in [1.807, 2.05) is 6.07 Å². The summed E-state index contributed by atoms with van der Waals surface area (Å²) in [6.07, 6.45) is 2.11. The molecule has 0 saturated carbocycles. The van der Waals surface area contributed by atoms with Gasteiger partial charge in [-0.15, -0.1) is 0 Å². The van der Waals surface area contributed by atoms with Crippen molar-refractivity contribution in [1.82, 2.24) is 4.98 Å². The summed E-state index contributed by atoms with van der Waals surface area (Å²) in [5.74, 6) is 0.677. The van der Waals surface area contributed by atoms with Crippen LogP contribution in [0.2, 0.25) is 0 Å². The van der Waals surface area contributed by atoms with Gasteiger partial charge in [-0.1, -0.05) is 6.07 Å². The van der Waals surface area contributed by atoms with Crippen LogP contribution in [0.1, 0.15) is 11.1 Å². The van der Waals surface area contributed by atoms with Gasteiger partial charge in [-0.3, -0.25) is 0 Å². The third-order valence-electron chi connectivity index (χ3n) is 2.50. The number of pyridine rings is 1. The Balaban J connectivity index is 2.24. The molecule has 3 nitrogen and oxygen atoms in total. The van der Waals surface area contributed by atoms with Crippen LogP contribution in [-0.2, 0) is 6.42 Å². The smallest absolute Gasteiger partial charge is 0.130 e. The summed E-state index contributed by atoms with van der Waals surface area (Å²) >= 11 is 0. The third kappa shape index (κ3) is 2.72. The molecule has 0 radical (unpaired) electrons. The van der Waals surface area contributed by atoms with Crippen molar-refractivity contribution in [2.75, 3.05) is 12.8 Å². The lowest BCUT2D eigenvalue weighted by atomic mass is 10.1. The van der Waals surface area contributed by atoms with Gasteiger partial charge in [0.1, 0.15) is 17.4 Å². The summed E-state index contributed by atoms with van der Waals surface area (Å²) in [6, 6.07) is 8.39. The number of nitrogens with zero attached hydrogens (tertiary/aromatic N) is 1. The fourth-order valence-electron chi connectivity index (χ4n) is 1.62. The topological polar surface area (TPSA) is 48.1 Å². The molecule has 0 atom stereocenters. The molecule has 0 aliphatic rings. The molecular weight excluding hydrogens is 219 g/mol. The van der Waals surface area contributed by atoms with Gasteiger partial charge < -0.3 is 10.5 Å². The van der Waals surface area contributed by atoms with Crippen molar-refractivity contribution in [1.29, 1.82) is 0 Å². The van der Waals surface area contributed by atoms with E-state index in [1.165, 1.54) is 13.2 Å². The second-order valence-electron chi connectivity index (χ2n) is 3.72. The van der Waals surface area contributed by atoms with E-state index in [4.69, 9.17) is 10.5 Å². The van der Waals surface area contributed by atoms with E-state index in [0.717, 1.165) is 5.56 Å². The molecule has 88 valence electrons. The van der Waals surface area contributed by atoms with Crippen LogP contribution >= 0.6 is 0 Å². The maximum absolute atomic E-state index is 13.7. The van der Waals surface area contributed by atoms with Gasteiger partial charge in [0.05, 0.1) is 7.11 Å². The lowest BCUT2D eigenvalue weighted by Gasteiger charge is -2.06. The van der Waals surface area contributed by atoms with E-state index in [9.17, 15) is 4.39 Å². The first-order valence-corrected chi connectivity index (χ1v) is 5.22. The normalized spacial score (nSPS) is 10.2. The predicted octanol–water partition coefficient (Wildman–Crippen LogP) is 2.40. The van der Waals surface area contributed by atoms with Crippen LogP contribution in [0.15, 0.2) is 36.5 Å². The van der Waals surface area contributed by atoms with Crippen molar-refractivity contribution in [3.05, 3.63) is 53.5 Å². The number of rotatable bonds is 3. The number of methoxy groups -OCH3 is 1. The van der Waals surface area contributed by atoms with Gasteiger partial charge in [-0.05, 0) is 29.3 Å². The van der Waals surface area contributed by atoms with Crippen LogP contribution in [0.3, 0.4) is 0 Å². The van der Waals surface area contributed by atoms with Crippen LogP contribution in [0.4, 0.5) is 10.2 Å². The number of anilines is 1. The van der Waals surface area contributed by atoms with E-state index in [2.05, 4.69) is 4.98 Å². The first-order chi connectivity index (χ1) is 8.19. The number of aromatic nitrogens is 1. The van der Waals surface area contributed by atoms with Crippen LogP contribution < -0.4 is 10.5 Å². The minimum atomic E-state index is -0.278. The molecular formula is C13H13FN2O. The molecule has 17 heavy (non-hydrogen) atoms. The van der Waals surface area contributed by atoms with Crippen molar-refractivity contribution >= 4 is 5.82 Å². The van der Waals surface area contributed by atoms with Gasteiger partial charge in [-0.2, -0.15) is 0 Å². The quantitative estimate of drug-likeness (QED) is 0.884. The maximum Gasteiger partial charge on any atom is 0.130 e. The molecule has 0 aliphatic carbocycles. The van der Waals surface area contributed by atoms with Crippen molar-refractivity contribution in [3.8, 4) is 5.75 Å². The Bertz CT molecular complexity index is 529. The Labute approximate surface area is 99.1 Å². The van der Waals surface area contributed by atoms with Crippen molar-refractivity contribution in [3.63, 3.8) is 0 Å².